The third-order valence-corrected chi connectivity index (χ3v) is 2.32. The predicted molar refractivity (Wildman–Crippen MR) is 63.2 cm³/mol. The zero-order valence-electron chi connectivity index (χ0n) is 9.90. The lowest BCUT2D eigenvalue weighted by Gasteiger charge is -1.95. The van der Waals surface area contributed by atoms with Gasteiger partial charge in [-0.05, 0) is 18.2 Å². The Labute approximate surface area is 107 Å². The molecule has 3 rings (SSSR count). The molecule has 0 saturated carbocycles. The zero-order valence-corrected chi connectivity index (χ0v) is 9.90. The van der Waals surface area contributed by atoms with Crippen molar-refractivity contribution in [1.82, 2.24) is 20.0 Å². The summed E-state index contributed by atoms with van der Waals surface area (Å²) in [5.41, 5.74) is 0.264. The molecule has 0 aliphatic heterocycles. The van der Waals surface area contributed by atoms with Crippen LogP contribution in [0.2, 0.25) is 0 Å². The van der Waals surface area contributed by atoms with Gasteiger partial charge in [0, 0.05) is 13.2 Å². The van der Waals surface area contributed by atoms with Crippen LogP contribution in [0.4, 0.5) is 6.01 Å². The molecule has 0 spiro atoms. The first kappa shape index (κ1) is 11.2. The van der Waals surface area contributed by atoms with E-state index in [1.807, 2.05) is 0 Å². The summed E-state index contributed by atoms with van der Waals surface area (Å²) in [6, 6.07) is 4.95. The van der Waals surface area contributed by atoms with Gasteiger partial charge in [0.05, 0.1) is 6.26 Å². The van der Waals surface area contributed by atoms with Gasteiger partial charge in [0.1, 0.15) is 0 Å². The number of carbonyl (C=O) groups excluding carboxylic acids is 1. The molecule has 3 aromatic rings. The van der Waals surface area contributed by atoms with Gasteiger partial charge in [0.15, 0.2) is 11.5 Å². The fourth-order valence-electron chi connectivity index (χ4n) is 1.47. The van der Waals surface area contributed by atoms with Crippen molar-refractivity contribution < 1.29 is 13.6 Å². The first-order valence-electron chi connectivity index (χ1n) is 5.41. The lowest BCUT2D eigenvalue weighted by molar-refractivity contribution is 0.101. The van der Waals surface area contributed by atoms with Crippen molar-refractivity contribution in [2.45, 2.75) is 0 Å². The normalized spacial score (nSPS) is 10.6. The number of amides is 1. The van der Waals surface area contributed by atoms with E-state index in [0.29, 0.717) is 5.76 Å². The molecule has 0 fully saturated rings. The maximum absolute atomic E-state index is 11.8. The second-order valence-electron chi connectivity index (χ2n) is 3.72. The summed E-state index contributed by atoms with van der Waals surface area (Å²) in [5, 5.41) is 13.9. The van der Waals surface area contributed by atoms with Crippen LogP contribution in [-0.2, 0) is 7.05 Å². The largest absolute Gasteiger partial charge is 0.459 e. The molecule has 8 nitrogen and oxygen atoms in total. The minimum absolute atomic E-state index is 0.0120. The van der Waals surface area contributed by atoms with E-state index in [0.717, 1.165) is 0 Å². The number of hydrogen-bond acceptors (Lipinski definition) is 6. The van der Waals surface area contributed by atoms with Gasteiger partial charge >= 0.3 is 6.01 Å². The summed E-state index contributed by atoms with van der Waals surface area (Å²) < 4.78 is 11.9. The molecule has 1 amide bonds. The number of aromatic nitrogens is 4. The molecule has 96 valence electrons. The quantitative estimate of drug-likeness (QED) is 0.761. The minimum atomic E-state index is -0.421. The van der Waals surface area contributed by atoms with Crippen LogP contribution in [0.5, 0.6) is 0 Å². The van der Waals surface area contributed by atoms with Crippen LogP contribution in [0.25, 0.3) is 11.7 Å². The lowest BCUT2D eigenvalue weighted by atomic mass is 10.4. The summed E-state index contributed by atoms with van der Waals surface area (Å²) >= 11 is 0. The van der Waals surface area contributed by atoms with Crippen molar-refractivity contribution in [2.24, 2.45) is 7.05 Å². The third kappa shape index (κ3) is 2.23. The number of rotatable bonds is 3. The highest BCUT2D eigenvalue weighted by molar-refractivity contribution is 6.01. The number of hydrogen-bond donors (Lipinski definition) is 1. The summed E-state index contributed by atoms with van der Waals surface area (Å²) in [6.45, 7) is 0. The van der Waals surface area contributed by atoms with Gasteiger partial charge in [-0.2, -0.15) is 5.10 Å². The number of nitrogens with zero attached hydrogens (tertiary/aromatic N) is 4. The molecule has 1 N–H and O–H groups in total. The van der Waals surface area contributed by atoms with Gasteiger partial charge in [-0.25, -0.2) is 0 Å². The van der Waals surface area contributed by atoms with E-state index < -0.39 is 5.91 Å². The topological polar surface area (TPSA) is 99.0 Å². The highest BCUT2D eigenvalue weighted by atomic mass is 16.4. The average Bonchev–Trinajstić information content (AvgIpc) is 3.07. The molecule has 8 heteroatoms. The summed E-state index contributed by atoms with van der Waals surface area (Å²) in [5.74, 6) is 0.211. The molecular formula is C11H9N5O3. The zero-order chi connectivity index (χ0) is 13.2. The Kier molecular flexibility index (Phi) is 2.60. The Bertz CT molecular complexity index is 698. The molecule has 3 aromatic heterocycles. The Morgan fingerprint density at radius 2 is 2.26 bits per heavy atom. The van der Waals surface area contributed by atoms with Crippen LogP contribution in [0.1, 0.15) is 10.5 Å². The van der Waals surface area contributed by atoms with Gasteiger partial charge in [-0.15, -0.1) is 5.10 Å². The Balaban J connectivity index is 1.76. The highest BCUT2D eigenvalue weighted by Crippen LogP contribution is 2.19. The molecule has 0 saturated heterocycles. The van der Waals surface area contributed by atoms with Gasteiger partial charge in [-0.1, -0.05) is 5.10 Å². The van der Waals surface area contributed by atoms with E-state index >= 15 is 0 Å². The standard InChI is InChI=1S/C11H9N5O3/c1-16-5-4-7(15-16)9(17)12-11-14-13-10(19-11)8-3-2-6-18-8/h2-6H,1H3,(H,12,14,17). The molecule has 0 aliphatic rings. The van der Waals surface area contributed by atoms with Crippen molar-refractivity contribution >= 4 is 11.9 Å². The number of furan rings is 1. The number of aryl methyl sites for hydroxylation is 1. The van der Waals surface area contributed by atoms with Gasteiger partial charge in [0.2, 0.25) is 0 Å². The van der Waals surface area contributed by atoms with E-state index in [4.69, 9.17) is 8.83 Å². The molecule has 0 unspecified atom stereocenters. The SMILES string of the molecule is Cn1ccc(C(=O)Nc2nnc(-c3ccco3)o2)n1. The van der Waals surface area contributed by atoms with Crippen LogP contribution in [0.15, 0.2) is 39.5 Å². The van der Waals surface area contributed by atoms with Crippen LogP contribution in [-0.4, -0.2) is 25.9 Å². The van der Waals surface area contributed by atoms with E-state index in [9.17, 15) is 4.79 Å². The molecule has 19 heavy (non-hydrogen) atoms. The van der Waals surface area contributed by atoms with E-state index in [-0.39, 0.29) is 17.6 Å². The van der Waals surface area contributed by atoms with Crippen LogP contribution >= 0.6 is 0 Å². The van der Waals surface area contributed by atoms with Gasteiger partial charge in [-0.3, -0.25) is 14.8 Å². The van der Waals surface area contributed by atoms with Crippen molar-refractivity contribution in [3.63, 3.8) is 0 Å². The summed E-state index contributed by atoms with van der Waals surface area (Å²) in [6.07, 6.45) is 3.16. The number of anilines is 1. The lowest BCUT2D eigenvalue weighted by Crippen LogP contribution is -2.13. The van der Waals surface area contributed by atoms with Crippen molar-refractivity contribution in [3.05, 3.63) is 36.4 Å². The molecular weight excluding hydrogens is 250 g/mol. The maximum Gasteiger partial charge on any atom is 0.322 e. The molecule has 0 atom stereocenters. The molecule has 0 bridgehead atoms. The molecule has 3 heterocycles. The first-order chi connectivity index (χ1) is 9.22. The van der Waals surface area contributed by atoms with E-state index in [2.05, 4.69) is 20.6 Å². The average molecular weight is 259 g/mol. The van der Waals surface area contributed by atoms with Crippen LogP contribution in [0, 0.1) is 0 Å². The van der Waals surface area contributed by atoms with Crippen molar-refractivity contribution in [1.29, 1.82) is 0 Å². The Morgan fingerprint density at radius 1 is 1.37 bits per heavy atom. The maximum atomic E-state index is 11.8. The fraction of sp³-hybridized carbons (Fsp3) is 0.0909. The van der Waals surface area contributed by atoms with Gasteiger partial charge < -0.3 is 8.83 Å². The fourth-order valence-corrected chi connectivity index (χ4v) is 1.47. The Hall–Kier alpha value is -2.90. The monoisotopic (exact) mass is 259 g/mol. The van der Waals surface area contributed by atoms with Gasteiger partial charge in [0.25, 0.3) is 11.8 Å². The third-order valence-electron chi connectivity index (χ3n) is 2.32. The van der Waals surface area contributed by atoms with E-state index in [1.54, 1.807) is 31.4 Å². The number of carbonyl (C=O) groups is 1. The van der Waals surface area contributed by atoms with E-state index in [1.165, 1.54) is 10.9 Å². The predicted octanol–water partition coefficient (Wildman–Crippen LogP) is 1.32. The second-order valence-corrected chi connectivity index (χ2v) is 3.72. The summed E-state index contributed by atoms with van der Waals surface area (Å²) in [4.78, 5) is 11.8. The first-order valence-corrected chi connectivity index (χ1v) is 5.41. The molecule has 0 aliphatic carbocycles. The van der Waals surface area contributed by atoms with Crippen molar-refractivity contribution in [3.8, 4) is 11.7 Å². The smallest absolute Gasteiger partial charge is 0.322 e. The Morgan fingerprint density at radius 3 is 2.95 bits per heavy atom. The minimum Gasteiger partial charge on any atom is -0.459 e. The van der Waals surface area contributed by atoms with Crippen LogP contribution in [0.3, 0.4) is 0 Å². The second kappa shape index (κ2) is 4.41. The summed E-state index contributed by atoms with van der Waals surface area (Å²) in [7, 11) is 1.72. The van der Waals surface area contributed by atoms with Crippen molar-refractivity contribution in [2.75, 3.05) is 5.32 Å². The molecule has 0 radical (unpaired) electrons. The number of nitrogens with one attached hydrogen (secondary N) is 1. The highest BCUT2D eigenvalue weighted by Gasteiger charge is 2.15. The van der Waals surface area contributed by atoms with Crippen LogP contribution < -0.4 is 5.32 Å². The molecule has 0 aromatic carbocycles.